The maximum Gasteiger partial charge on any atom is 0.323 e. The van der Waals surface area contributed by atoms with Crippen molar-refractivity contribution in [2.45, 2.75) is 5.75 Å². The van der Waals surface area contributed by atoms with E-state index in [1.165, 1.54) is 4.90 Å². The molecule has 0 atom stereocenters. The van der Waals surface area contributed by atoms with Crippen LogP contribution in [0.4, 0.5) is 22.0 Å². The maximum absolute atomic E-state index is 12.2. The van der Waals surface area contributed by atoms with Gasteiger partial charge in [0.25, 0.3) is 0 Å². The number of carbonyl (C=O) groups is 1. The van der Waals surface area contributed by atoms with E-state index in [4.69, 9.17) is 23.1 Å². The highest BCUT2D eigenvalue weighted by Gasteiger charge is 2.18. The molecule has 0 aliphatic heterocycles. The largest absolute Gasteiger partial charge is 0.383 e. The molecule has 5 aromatic rings. The molecule has 0 aliphatic carbocycles. The SMILES string of the molecule is NC(=O)N(c1ccc(-c2csc3c(-c4ccc(C[SH](=O)=O)cc4)cnc(N)c23)cc1)c1cccc(Cl)c1. The van der Waals surface area contributed by atoms with E-state index in [-0.39, 0.29) is 5.75 Å². The lowest BCUT2D eigenvalue weighted by atomic mass is 10.0. The average Bonchev–Trinajstić information content (AvgIpc) is 3.31. The van der Waals surface area contributed by atoms with Gasteiger partial charge in [-0.2, -0.15) is 0 Å². The second-order valence-electron chi connectivity index (χ2n) is 8.30. The van der Waals surface area contributed by atoms with Crippen LogP contribution in [0.3, 0.4) is 0 Å². The molecule has 3 aromatic carbocycles. The Morgan fingerprint density at radius 2 is 1.62 bits per heavy atom. The Bertz CT molecular complexity index is 1690. The zero-order valence-electron chi connectivity index (χ0n) is 19.3. The number of nitrogen functional groups attached to an aromatic ring is 1. The molecule has 10 heteroatoms. The van der Waals surface area contributed by atoms with E-state index in [0.29, 0.717) is 22.2 Å². The van der Waals surface area contributed by atoms with Gasteiger partial charge < -0.3 is 11.5 Å². The molecule has 0 fully saturated rings. The number of benzene rings is 3. The topological polar surface area (TPSA) is 119 Å². The van der Waals surface area contributed by atoms with Crippen LogP contribution in [0.15, 0.2) is 84.4 Å². The summed E-state index contributed by atoms with van der Waals surface area (Å²) in [7, 11) is -2.48. The van der Waals surface area contributed by atoms with Crippen LogP contribution in [0.25, 0.3) is 32.3 Å². The van der Waals surface area contributed by atoms with Crippen molar-refractivity contribution in [3.05, 3.63) is 95.0 Å². The van der Waals surface area contributed by atoms with Gasteiger partial charge in [0.05, 0.1) is 17.1 Å². The molecular weight excluding hydrogens is 528 g/mol. The van der Waals surface area contributed by atoms with Gasteiger partial charge in [-0.15, -0.1) is 11.3 Å². The molecule has 0 radical (unpaired) electrons. The third-order valence-electron chi connectivity index (χ3n) is 5.92. The summed E-state index contributed by atoms with van der Waals surface area (Å²) < 4.78 is 23.0. The Kier molecular flexibility index (Phi) is 6.84. The van der Waals surface area contributed by atoms with Crippen LogP contribution in [-0.4, -0.2) is 19.4 Å². The van der Waals surface area contributed by atoms with Crippen molar-refractivity contribution in [1.82, 2.24) is 4.98 Å². The van der Waals surface area contributed by atoms with Crippen molar-refractivity contribution in [2.24, 2.45) is 5.73 Å². The number of thiol groups is 1. The second-order valence-corrected chi connectivity index (χ2v) is 10.6. The van der Waals surface area contributed by atoms with E-state index >= 15 is 0 Å². The summed E-state index contributed by atoms with van der Waals surface area (Å²) in [5.74, 6) is 0.422. The first-order valence-corrected chi connectivity index (χ1v) is 13.8. The number of carbonyl (C=O) groups excluding carboxylic acids is 1. The third kappa shape index (κ3) is 5.01. The number of primary amides is 1. The number of rotatable bonds is 6. The molecule has 7 nitrogen and oxygen atoms in total. The molecule has 37 heavy (non-hydrogen) atoms. The first-order chi connectivity index (χ1) is 17.8. The predicted molar refractivity (Wildman–Crippen MR) is 152 cm³/mol. The molecule has 2 aromatic heterocycles. The molecule has 0 spiro atoms. The summed E-state index contributed by atoms with van der Waals surface area (Å²) in [6.45, 7) is 0. The normalized spacial score (nSPS) is 11.2. The van der Waals surface area contributed by atoms with E-state index in [9.17, 15) is 13.2 Å². The standard InChI is InChI=1S/C27H21ClN4O3S2/c28-19-2-1-3-21(12-19)32(27(30)33)20-10-8-18(9-11-20)23-14-36-25-22(13-31-26(29)24(23)25)17-6-4-16(5-7-17)15-37(34)35/h1-14,37H,15H2,(H2,29,31)(H2,30,33). The minimum atomic E-state index is -2.48. The first-order valence-electron chi connectivity index (χ1n) is 11.1. The van der Waals surface area contributed by atoms with Crippen molar-refractivity contribution in [3.63, 3.8) is 0 Å². The predicted octanol–water partition coefficient (Wildman–Crippen LogP) is 6.19. The molecule has 0 saturated carbocycles. The average molecular weight is 549 g/mol. The van der Waals surface area contributed by atoms with Gasteiger partial charge in [-0.1, -0.05) is 54.1 Å². The van der Waals surface area contributed by atoms with Crippen molar-refractivity contribution in [1.29, 1.82) is 0 Å². The fourth-order valence-electron chi connectivity index (χ4n) is 4.23. The van der Waals surface area contributed by atoms with Gasteiger partial charge >= 0.3 is 6.03 Å². The third-order valence-corrected chi connectivity index (χ3v) is 7.80. The van der Waals surface area contributed by atoms with Crippen LogP contribution in [0.1, 0.15) is 5.56 Å². The Morgan fingerprint density at radius 3 is 2.27 bits per heavy atom. The zero-order valence-corrected chi connectivity index (χ0v) is 21.8. The van der Waals surface area contributed by atoms with Gasteiger partial charge in [-0.05, 0) is 52.4 Å². The molecule has 2 heterocycles. The Labute approximate surface area is 223 Å². The van der Waals surface area contributed by atoms with Crippen molar-refractivity contribution in [3.8, 4) is 22.3 Å². The summed E-state index contributed by atoms with van der Waals surface area (Å²) >= 11 is 7.67. The summed E-state index contributed by atoms with van der Waals surface area (Å²) in [5.41, 5.74) is 17.6. The van der Waals surface area contributed by atoms with Gasteiger partial charge in [0, 0.05) is 32.4 Å². The summed E-state index contributed by atoms with van der Waals surface area (Å²) in [6.07, 6.45) is 1.74. The highest BCUT2D eigenvalue weighted by Crippen LogP contribution is 2.42. The number of urea groups is 1. The zero-order chi connectivity index (χ0) is 26.1. The maximum atomic E-state index is 12.2. The Hall–Kier alpha value is -3.92. The fraction of sp³-hybridized carbons (Fsp3) is 0.0370. The van der Waals surface area contributed by atoms with Crippen LogP contribution in [0, 0.1) is 0 Å². The quantitative estimate of drug-likeness (QED) is 0.218. The lowest BCUT2D eigenvalue weighted by Gasteiger charge is -2.21. The number of pyridine rings is 1. The number of thiophene rings is 1. The van der Waals surface area contributed by atoms with Gasteiger partial charge in [-0.3, -0.25) is 4.90 Å². The summed E-state index contributed by atoms with van der Waals surface area (Å²) in [5, 5.41) is 3.36. The van der Waals surface area contributed by atoms with E-state index in [1.54, 1.807) is 53.9 Å². The molecule has 0 saturated heterocycles. The van der Waals surface area contributed by atoms with Gasteiger partial charge in [0.1, 0.15) is 16.5 Å². The number of hydrogen-bond donors (Lipinski definition) is 3. The molecule has 186 valence electrons. The van der Waals surface area contributed by atoms with Crippen molar-refractivity contribution in [2.75, 3.05) is 10.6 Å². The second kappa shape index (κ2) is 10.2. The lowest BCUT2D eigenvalue weighted by molar-refractivity contribution is 0.256. The number of nitrogens with zero attached hydrogens (tertiary/aromatic N) is 2. The smallest absolute Gasteiger partial charge is 0.323 e. The Morgan fingerprint density at radius 1 is 0.946 bits per heavy atom. The number of hydrogen-bond acceptors (Lipinski definition) is 6. The van der Waals surface area contributed by atoms with Crippen LogP contribution in [0.2, 0.25) is 5.02 Å². The molecule has 4 N–H and O–H groups in total. The highest BCUT2D eigenvalue weighted by atomic mass is 35.5. The number of nitrogens with two attached hydrogens (primary N) is 2. The van der Waals surface area contributed by atoms with E-state index in [1.807, 2.05) is 41.8 Å². The number of fused-ring (bicyclic) bond motifs is 1. The van der Waals surface area contributed by atoms with Crippen LogP contribution in [0.5, 0.6) is 0 Å². The number of amides is 2. The minimum Gasteiger partial charge on any atom is -0.383 e. The van der Waals surface area contributed by atoms with Crippen LogP contribution < -0.4 is 16.4 Å². The molecule has 0 aliphatic rings. The van der Waals surface area contributed by atoms with Crippen LogP contribution in [-0.2, 0) is 16.5 Å². The lowest BCUT2D eigenvalue weighted by Crippen LogP contribution is -2.31. The number of aromatic nitrogens is 1. The van der Waals surface area contributed by atoms with Crippen molar-refractivity contribution >= 4 is 67.0 Å². The fourth-order valence-corrected chi connectivity index (χ4v) is 6.05. The highest BCUT2D eigenvalue weighted by molar-refractivity contribution is 7.71. The van der Waals surface area contributed by atoms with E-state index < -0.39 is 16.7 Å². The van der Waals surface area contributed by atoms with Gasteiger partial charge in [0.2, 0.25) is 0 Å². The Balaban J connectivity index is 1.52. The van der Waals surface area contributed by atoms with Gasteiger partial charge in [0.15, 0.2) is 0 Å². The summed E-state index contributed by atoms with van der Waals surface area (Å²) in [6, 6.07) is 21.1. The monoisotopic (exact) mass is 548 g/mol. The molecule has 0 unspecified atom stereocenters. The first kappa shape index (κ1) is 24.8. The molecule has 5 rings (SSSR count). The van der Waals surface area contributed by atoms with Crippen molar-refractivity contribution < 1.29 is 13.2 Å². The minimum absolute atomic E-state index is 0.00858. The van der Waals surface area contributed by atoms with E-state index in [2.05, 4.69) is 4.98 Å². The van der Waals surface area contributed by atoms with Gasteiger partial charge in [-0.25, -0.2) is 18.2 Å². The molecule has 0 bridgehead atoms. The number of halogens is 1. The molecule has 2 amide bonds. The molecular formula is C27H21ClN4O3S2. The number of anilines is 3. The van der Waals surface area contributed by atoms with E-state index in [0.717, 1.165) is 37.9 Å². The van der Waals surface area contributed by atoms with Crippen LogP contribution >= 0.6 is 22.9 Å². The summed E-state index contributed by atoms with van der Waals surface area (Å²) in [4.78, 5) is 18.1.